The summed E-state index contributed by atoms with van der Waals surface area (Å²) in [7, 11) is 0. The van der Waals surface area contributed by atoms with Gasteiger partial charge in [0.1, 0.15) is 17.2 Å². The summed E-state index contributed by atoms with van der Waals surface area (Å²) in [6, 6.07) is 27.3. The number of hydrazone groups is 1. The van der Waals surface area contributed by atoms with Gasteiger partial charge in [-0.05, 0) is 78.4 Å². The first-order chi connectivity index (χ1) is 19.4. The van der Waals surface area contributed by atoms with Gasteiger partial charge < -0.3 is 14.2 Å². The molecule has 1 amide bonds. The Hall–Kier alpha value is -4.11. The maximum Gasteiger partial charge on any atom is 0.336 e. The van der Waals surface area contributed by atoms with Gasteiger partial charge in [0.25, 0.3) is 0 Å². The highest BCUT2D eigenvalue weighted by Gasteiger charge is 2.23. The third-order valence-electron chi connectivity index (χ3n) is 5.10. The van der Waals surface area contributed by atoms with Crippen LogP contribution < -0.4 is 19.6 Å². The number of amides is 1. The number of halogens is 3. The zero-order chi connectivity index (χ0) is 28.3. The first-order valence-corrected chi connectivity index (χ1v) is 13.3. The van der Waals surface area contributed by atoms with Gasteiger partial charge in [-0.2, -0.15) is 5.10 Å². The summed E-state index contributed by atoms with van der Waals surface area (Å²) in [4.78, 5) is 25.4. The second-order valence-electron chi connectivity index (χ2n) is 8.06. The molecule has 4 aromatic rings. The first-order valence-electron chi connectivity index (χ1n) is 11.8. The van der Waals surface area contributed by atoms with Crippen LogP contribution in [0.2, 0.25) is 10.0 Å². The fourth-order valence-electron chi connectivity index (χ4n) is 3.21. The van der Waals surface area contributed by atoms with Crippen molar-refractivity contribution in [3.63, 3.8) is 0 Å². The summed E-state index contributed by atoms with van der Waals surface area (Å²) in [5, 5.41) is 5.04. The normalized spacial score (nSPS) is 11.1. The Bertz CT molecular complexity index is 1460. The predicted octanol–water partition coefficient (Wildman–Crippen LogP) is 7.31. The molecule has 10 heteroatoms. The van der Waals surface area contributed by atoms with E-state index in [1.807, 2.05) is 30.3 Å². The van der Waals surface area contributed by atoms with Crippen LogP contribution in [0.4, 0.5) is 0 Å². The molecule has 4 rings (SSSR count). The van der Waals surface area contributed by atoms with Crippen molar-refractivity contribution in [2.45, 2.75) is 6.29 Å². The van der Waals surface area contributed by atoms with Gasteiger partial charge in [0.2, 0.25) is 0 Å². The van der Waals surface area contributed by atoms with E-state index in [1.165, 1.54) is 12.3 Å². The van der Waals surface area contributed by atoms with Crippen LogP contribution in [0.5, 0.6) is 17.2 Å². The molecule has 1 N–H and O–H groups in total. The molecule has 0 radical (unpaired) electrons. The van der Waals surface area contributed by atoms with Gasteiger partial charge in [0, 0.05) is 26.2 Å². The molecule has 0 bridgehead atoms. The van der Waals surface area contributed by atoms with Gasteiger partial charge in [-0.1, -0.05) is 69.5 Å². The van der Waals surface area contributed by atoms with Gasteiger partial charge in [-0.15, -0.1) is 0 Å². The summed E-state index contributed by atoms with van der Waals surface area (Å²) in [5.41, 5.74) is 3.69. The Morgan fingerprint density at radius 2 is 1.43 bits per heavy atom. The number of carbonyl (C=O) groups excluding carboxylic acids is 2. The van der Waals surface area contributed by atoms with Crippen molar-refractivity contribution in [2.24, 2.45) is 5.10 Å². The first kappa shape index (κ1) is 28.9. The minimum atomic E-state index is -1.40. The predicted molar refractivity (Wildman–Crippen MR) is 159 cm³/mol. The van der Waals surface area contributed by atoms with Crippen LogP contribution in [0, 0.1) is 0 Å². The number of ether oxygens (including phenoxy) is 3. The summed E-state index contributed by atoms with van der Waals surface area (Å²) in [6.45, 7) is 0. The maximum absolute atomic E-state index is 13.0. The molecule has 40 heavy (non-hydrogen) atoms. The van der Waals surface area contributed by atoms with E-state index in [0.29, 0.717) is 27.1 Å². The van der Waals surface area contributed by atoms with Gasteiger partial charge >= 0.3 is 18.2 Å². The van der Waals surface area contributed by atoms with Crippen molar-refractivity contribution in [2.75, 3.05) is 0 Å². The van der Waals surface area contributed by atoms with Gasteiger partial charge in [0.15, 0.2) is 0 Å². The molecule has 0 saturated heterocycles. The largest absolute Gasteiger partial charge is 0.446 e. The zero-order valence-electron chi connectivity index (χ0n) is 20.7. The number of hydrogen-bond acceptors (Lipinski definition) is 6. The number of rotatable bonds is 10. The molecule has 0 spiro atoms. The highest BCUT2D eigenvalue weighted by Crippen LogP contribution is 2.23. The van der Waals surface area contributed by atoms with Crippen LogP contribution in [0.1, 0.15) is 11.1 Å². The standard InChI is InChI=1S/C30H21BrCl2N2O5/c31-22-7-16-27(40-28(36)17-6-20-4-2-1-3-5-20)21(18-22)19-34-35-29(37)30(38-25-12-8-23(32)9-13-25)39-26-14-10-24(33)11-15-26/h1-19,30H,(H,35,37). The molecule has 0 saturated carbocycles. The van der Waals surface area contributed by atoms with Crippen molar-refractivity contribution >= 4 is 63.3 Å². The van der Waals surface area contributed by atoms with Crippen molar-refractivity contribution in [1.82, 2.24) is 5.43 Å². The van der Waals surface area contributed by atoms with Crippen molar-refractivity contribution in [3.8, 4) is 17.2 Å². The summed E-state index contributed by atoms with van der Waals surface area (Å²) in [6.07, 6.45) is 2.92. The van der Waals surface area contributed by atoms with Crippen molar-refractivity contribution < 1.29 is 23.8 Å². The lowest BCUT2D eigenvalue weighted by molar-refractivity contribution is -0.140. The molecule has 202 valence electrons. The Labute approximate surface area is 249 Å². The topological polar surface area (TPSA) is 86.2 Å². The molecule has 0 aliphatic carbocycles. The van der Waals surface area contributed by atoms with Crippen LogP contribution in [0.25, 0.3) is 6.08 Å². The van der Waals surface area contributed by atoms with Crippen LogP contribution in [0.3, 0.4) is 0 Å². The molecule has 0 aliphatic heterocycles. The minimum absolute atomic E-state index is 0.246. The molecular formula is C30H21BrCl2N2O5. The highest BCUT2D eigenvalue weighted by molar-refractivity contribution is 9.10. The van der Waals surface area contributed by atoms with E-state index in [-0.39, 0.29) is 5.75 Å². The average Bonchev–Trinajstić information content (AvgIpc) is 2.95. The van der Waals surface area contributed by atoms with E-state index in [0.717, 1.165) is 10.0 Å². The van der Waals surface area contributed by atoms with Gasteiger partial charge in [0.05, 0.1) is 6.21 Å². The Balaban J connectivity index is 1.46. The third-order valence-corrected chi connectivity index (χ3v) is 6.10. The quantitative estimate of drug-likeness (QED) is 0.0491. The lowest BCUT2D eigenvalue weighted by atomic mass is 10.2. The van der Waals surface area contributed by atoms with Gasteiger partial charge in [-0.25, -0.2) is 10.2 Å². The molecule has 0 heterocycles. The fourth-order valence-corrected chi connectivity index (χ4v) is 3.84. The number of nitrogens with zero attached hydrogens (tertiary/aromatic N) is 1. The molecule has 0 unspecified atom stereocenters. The smallest absolute Gasteiger partial charge is 0.336 e. The molecule has 7 nitrogen and oxygen atoms in total. The van der Waals surface area contributed by atoms with Crippen LogP contribution in [-0.2, 0) is 9.59 Å². The van der Waals surface area contributed by atoms with Crippen LogP contribution >= 0.6 is 39.1 Å². The van der Waals surface area contributed by atoms with Crippen LogP contribution in [0.15, 0.2) is 113 Å². The molecule has 0 aromatic heterocycles. The van der Waals surface area contributed by atoms with E-state index in [1.54, 1.807) is 72.8 Å². The van der Waals surface area contributed by atoms with E-state index in [4.69, 9.17) is 37.4 Å². The molecule has 0 fully saturated rings. The maximum atomic E-state index is 13.0. The fraction of sp³-hybridized carbons (Fsp3) is 0.0333. The molecular weight excluding hydrogens is 619 g/mol. The zero-order valence-corrected chi connectivity index (χ0v) is 23.8. The minimum Gasteiger partial charge on any atom is -0.446 e. The van der Waals surface area contributed by atoms with E-state index < -0.39 is 18.2 Å². The van der Waals surface area contributed by atoms with Crippen LogP contribution in [-0.4, -0.2) is 24.4 Å². The van der Waals surface area contributed by atoms with E-state index >= 15 is 0 Å². The Kier molecular flexibility index (Phi) is 10.3. The average molecular weight is 640 g/mol. The van der Waals surface area contributed by atoms with Crippen molar-refractivity contribution in [3.05, 3.63) is 129 Å². The number of carbonyl (C=O) groups is 2. The molecule has 0 atom stereocenters. The highest BCUT2D eigenvalue weighted by atomic mass is 79.9. The van der Waals surface area contributed by atoms with E-state index in [2.05, 4.69) is 26.5 Å². The monoisotopic (exact) mass is 638 g/mol. The second-order valence-corrected chi connectivity index (χ2v) is 9.85. The number of nitrogens with one attached hydrogen (secondary N) is 1. The number of esters is 1. The third kappa shape index (κ3) is 8.98. The summed E-state index contributed by atoms with van der Waals surface area (Å²) >= 11 is 15.3. The number of benzene rings is 4. The SMILES string of the molecule is O=C(C=Cc1ccccc1)Oc1ccc(Br)cc1C=NNC(=O)C(Oc1ccc(Cl)cc1)Oc1ccc(Cl)cc1. The summed E-state index contributed by atoms with van der Waals surface area (Å²) in [5.74, 6) is -0.312. The Morgan fingerprint density at radius 3 is 2.02 bits per heavy atom. The van der Waals surface area contributed by atoms with E-state index in [9.17, 15) is 9.59 Å². The lowest BCUT2D eigenvalue weighted by Gasteiger charge is -2.19. The Morgan fingerprint density at radius 1 is 0.825 bits per heavy atom. The lowest BCUT2D eigenvalue weighted by Crippen LogP contribution is -2.40. The van der Waals surface area contributed by atoms with Crippen molar-refractivity contribution in [1.29, 1.82) is 0 Å². The number of hydrogen-bond donors (Lipinski definition) is 1. The second kappa shape index (κ2) is 14.3. The summed E-state index contributed by atoms with van der Waals surface area (Å²) < 4.78 is 17.7. The molecule has 4 aromatic carbocycles. The molecule has 0 aliphatic rings. The van der Waals surface area contributed by atoms with Gasteiger partial charge in [-0.3, -0.25) is 4.79 Å².